The normalized spacial score (nSPS) is 14.4. The Kier molecular flexibility index (Phi) is 5.01. The number of aromatic nitrogens is 1. The Morgan fingerprint density at radius 2 is 1.88 bits per heavy atom. The van der Waals surface area contributed by atoms with Crippen LogP contribution in [0.15, 0.2) is 47.6 Å². The summed E-state index contributed by atoms with van der Waals surface area (Å²) in [4.78, 5) is 4.27. The van der Waals surface area contributed by atoms with Gasteiger partial charge in [0.25, 0.3) is 0 Å². The van der Waals surface area contributed by atoms with E-state index in [0.29, 0.717) is 19.1 Å². The molecule has 1 heterocycles. The van der Waals surface area contributed by atoms with E-state index in [0.717, 1.165) is 29.8 Å². The lowest BCUT2D eigenvalue weighted by molar-refractivity contribution is 0.584. The maximum Gasteiger partial charge on any atom is 0.240 e. The molecule has 6 nitrogen and oxygen atoms in total. The fourth-order valence-corrected chi connectivity index (χ4v) is 3.45. The molecule has 0 radical (unpaired) electrons. The van der Waals surface area contributed by atoms with Crippen LogP contribution in [0.4, 0.5) is 11.4 Å². The van der Waals surface area contributed by atoms with Crippen molar-refractivity contribution in [1.29, 1.82) is 0 Å². The molecule has 0 bridgehead atoms. The standard InChI is InChI=1S/C17H22N4O2S/c1-2-20-24(22,23)15-5-6-16(21-14-3-4-14)17(11-15)19-12-13-7-9-18-10-8-13/h5-11,14,19-21H,2-4,12H2,1H3. The number of rotatable bonds is 8. The first-order valence-electron chi connectivity index (χ1n) is 8.11. The third kappa shape index (κ3) is 4.24. The van der Waals surface area contributed by atoms with E-state index in [2.05, 4.69) is 20.3 Å². The zero-order valence-corrected chi connectivity index (χ0v) is 14.4. The minimum atomic E-state index is -3.47. The summed E-state index contributed by atoms with van der Waals surface area (Å²) in [5.41, 5.74) is 2.81. The average Bonchev–Trinajstić information content (AvgIpc) is 3.39. The van der Waals surface area contributed by atoms with Crippen LogP contribution in [0.25, 0.3) is 0 Å². The Hall–Kier alpha value is -2.12. The second-order valence-corrected chi connectivity index (χ2v) is 7.60. The number of nitrogens with zero attached hydrogens (tertiary/aromatic N) is 1. The van der Waals surface area contributed by atoms with Crippen LogP contribution in [-0.2, 0) is 16.6 Å². The van der Waals surface area contributed by atoms with Crippen LogP contribution in [0.5, 0.6) is 0 Å². The summed E-state index contributed by atoms with van der Waals surface area (Å²) in [6.45, 7) is 2.74. The van der Waals surface area contributed by atoms with E-state index in [1.807, 2.05) is 18.2 Å². The first-order chi connectivity index (χ1) is 11.6. The number of pyridine rings is 1. The number of nitrogens with one attached hydrogen (secondary N) is 3. The van der Waals surface area contributed by atoms with Crippen molar-refractivity contribution in [2.75, 3.05) is 17.2 Å². The third-order valence-electron chi connectivity index (χ3n) is 3.80. The van der Waals surface area contributed by atoms with Crippen LogP contribution in [0, 0.1) is 0 Å². The van der Waals surface area contributed by atoms with Gasteiger partial charge in [0, 0.05) is 31.5 Å². The van der Waals surface area contributed by atoms with Crippen molar-refractivity contribution in [2.45, 2.75) is 37.2 Å². The van der Waals surface area contributed by atoms with Crippen LogP contribution < -0.4 is 15.4 Å². The van der Waals surface area contributed by atoms with Crippen molar-refractivity contribution in [1.82, 2.24) is 9.71 Å². The topological polar surface area (TPSA) is 83.1 Å². The monoisotopic (exact) mass is 346 g/mol. The fraction of sp³-hybridized carbons (Fsp3) is 0.353. The molecular formula is C17H22N4O2S. The van der Waals surface area contributed by atoms with Gasteiger partial charge in [0.1, 0.15) is 0 Å². The molecule has 0 atom stereocenters. The van der Waals surface area contributed by atoms with Crippen LogP contribution >= 0.6 is 0 Å². The van der Waals surface area contributed by atoms with Gasteiger partial charge in [-0.25, -0.2) is 13.1 Å². The third-order valence-corrected chi connectivity index (χ3v) is 5.35. The van der Waals surface area contributed by atoms with Crippen LogP contribution in [0.3, 0.4) is 0 Å². The van der Waals surface area contributed by atoms with Gasteiger partial charge in [-0.15, -0.1) is 0 Å². The molecule has 0 spiro atoms. The highest BCUT2D eigenvalue weighted by Crippen LogP contribution is 2.31. The van der Waals surface area contributed by atoms with E-state index in [-0.39, 0.29) is 4.90 Å². The van der Waals surface area contributed by atoms with Gasteiger partial charge >= 0.3 is 0 Å². The summed E-state index contributed by atoms with van der Waals surface area (Å²) in [5.74, 6) is 0. The lowest BCUT2D eigenvalue weighted by atomic mass is 10.2. The second-order valence-electron chi connectivity index (χ2n) is 5.84. The van der Waals surface area contributed by atoms with Crippen molar-refractivity contribution in [3.63, 3.8) is 0 Å². The Morgan fingerprint density at radius 1 is 1.12 bits per heavy atom. The van der Waals surface area contributed by atoms with Gasteiger partial charge in [-0.3, -0.25) is 4.98 Å². The van der Waals surface area contributed by atoms with Crippen LogP contribution in [0.2, 0.25) is 0 Å². The van der Waals surface area contributed by atoms with E-state index < -0.39 is 10.0 Å². The van der Waals surface area contributed by atoms with Crippen LogP contribution in [0.1, 0.15) is 25.3 Å². The molecule has 0 unspecified atom stereocenters. The molecule has 0 aliphatic heterocycles. The maximum absolute atomic E-state index is 12.2. The molecular weight excluding hydrogens is 324 g/mol. The summed E-state index contributed by atoms with van der Waals surface area (Å²) < 4.78 is 27.0. The van der Waals surface area contributed by atoms with Gasteiger partial charge in [-0.05, 0) is 48.7 Å². The lowest BCUT2D eigenvalue weighted by Gasteiger charge is -2.15. The SMILES string of the molecule is CCNS(=O)(=O)c1ccc(NC2CC2)c(NCc2ccncc2)c1. The lowest BCUT2D eigenvalue weighted by Crippen LogP contribution is -2.23. The molecule has 1 saturated carbocycles. The number of benzene rings is 1. The molecule has 1 aromatic carbocycles. The van der Waals surface area contributed by atoms with Gasteiger partial charge in [-0.2, -0.15) is 0 Å². The van der Waals surface area contributed by atoms with Gasteiger partial charge in [-0.1, -0.05) is 6.92 Å². The predicted octanol–water partition coefficient (Wildman–Crippen LogP) is 2.57. The Bertz CT molecular complexity index is 789. The zero-order chi connectivity index (χ0) is 17.0. The Labute approximate surface area is 142 Å². The second kappa shape index (κ2) is 7.19. The van der Waals surface area contributed by atoms with Gasteiger partial charge in [0.05, 0.1) is 16.3 Å². The quantitative estimate of drug-likeness (QED) is 0.684. The minimum absolute atomic E-state index is 0.267. The number of hydrogen-bond acceptors (Lipinski definition) is 5. The molecule has 2 aromatic rings. The van der Waals surface area contributed by atoms with E-state index in [9.17, 15) is 8.42 Å². The smallest absolute Gasteiger partial charge is 0.240 e. The molecule has 128 valence electrons. The minimum Gasteiger partial charge on any atom is -0.381 e. The van der Waals surface area contributed by atoms with Crippen LogP contribution in [-0.4, -0.2) is 26.0 Å². The zero-order valence-electron chi connectivity index (χ0n) is 13.6. The van der Waals surface area contributed by atoms with E-state index >= 15 is 0 Å². The van der Waals surface area contributed by atoms with Gasteiger partial charge in [0.2, 0.25) is 10.0 Å². The maximum atomic E-state index is 12.2. The van der Waals surface area contributed by atoms with Crippen molar-refractivity contribution >= 4 is 21.4 Å². The summed E-state index contributed by atoms with van der Waals surface area (Å²) in [7, 11) is -3.47. The van der Waals surface area contributed by atoms with Crippen molar-refractivity contribution in [3.05, 3.63) is 48.3 Å². The number of hydrogen-bond donors (Lipinski definition) is 3. The summed E-state index contributed by atoms with van der Waals surface area (Å²) in [5, 5.41) is 6.78. The molecule has 1 aliphatic rings. The molecule has 3 N–H and O–H groups in total. The van der Waals surface area contributed by atoms with Gasteiger partial charge < -0.3 is 10.6 Å². The highest BCUT2D eigenvalue weighted by molar-refractivity contribution is 7.89. The molecule has 3 rings (SSSR count). The van der Waals surface area contributed by atoms with Crippen molar-refractivity contribution < 1.29 is 8.42 Å². The predicted molar refractivity (Wildman–Crippen MR) is 95.5 cm³/mol. The van der Waals surface area contributed by atoms with E-state index in [4.69, 9.17) is 0 Å². The van der Waals surface area contributed by atoms with Gasteiger partial charge in [0.15, 0.2) is 0 Å². The number of anilines is 2. The largest absolute Gasteiger partial charge is 0.381 e. The fourth-order valence-electron chi connectivity index (χ4n) is 2.38. The molecule has 0 saturated heterocycles. The average molecular weight is 346 g/mol. The molecule has 0 amide bonds. The van der Waals surface area contributed by atoms with E-state index in [1.54, 1.807) is 31.5 Å². The molecule has 1 fully saturated rings. The van der Waals surface area contributed by atoms with Crippen molar-refractivity contribution in [3.8, 4) is 0 Å². The summed E-state index contributed by atoms with van der Waals surface area (Å²) >= 11 is 0. The number of sulfonamides is 1. The van der Waals surface area contributed by atoms with E-state index in [1.165, 1.54) is 0 Å². The molecule has 1 aromatic heterocycles. The Morgan fingerprint density at radius 3 is 2.54 bits per heavy atom. The van der Waals surface area contributed by atoms with Crippen molar-refractivity contribution in [2.24, 2.45) is 0 Å². The highest BCUT2D eigenvalue weighted by atomic mass is 32.2. The molecule has 24 heavy (non-hydrogen) atoms. The highest BCUT2D eigenvalue weighted by Gasteiger charge is 2.23. The summed E-state index contributed by atoms with van der Waals surface area (Å²) in [6.07, 6.45) is 5.79. The molecule has 7 heteroatoms. The Balaban J connectivity index is 1.84. The first kappa shape index (κ1) is 16.7. The summed E-state index contributed by atoms with van der Waals surface area (Å²) in [6, 6.07) is 9.50. The molecule has 1 aliphatic carbocycles. The first-order valence-corrected chi connectivity index (χ1v) is 9.60.